The van der Waals surface area contributed by atoms with Crippen molar-refractivity contribution in [2.75, 3.05) is 27.2 Å². The number of benzene rings is 1. The number of halogens is 1. The molecule has 0 unspecified atom stereocenters. The number of hydrogen-bond donors (Lipinski definition) is 2. The van der Waals surface area contributed by atoms with Gasteiger partial charge in [-0.1, -0.05) is 12.1 Å². The van der Waals surface area contributed by atoms with Crippen LogP contribution in [0.25, 0.3) is 0 Å². The standard InChI is InChI=1S/C14H20N4O.HI/c1-18(2)13(19)12-6-4-11(5-7-12)10-17-14-15-8-3-9-16-14;/h4-7H,3,8-10H2,1-2H3,(H2,15,16,17);1H. The fourth-order valence-electron chi connectivity index (χ4n) is 1.86. The number of nitrogens with zero attached hydrogens (tertiary/aromatic N) is 2. The SMILES string of the molecule is CN(C)C(=O)c1ccc(CNC2=NCCCN2)cc1.I. The van der Waals surface area contributed by atoms with Gasteiger partial charge < -0.3 is 15.5 Å². The summed E-state index contributed by atoms with van der Waals surface area (Å²) in [6.07, 6.45) is 1.09. The second kappa shape index (κ2) is 8.08. The van der Waals surface area contributed by atoms with Gasteiger partial charge in [0.25, 0.3) is 5.91 Å². The van der Waals surface area contributed by atoms with Crippen molar-refractivity contribution in [3.63, 3.8) is 0 Å². The molecular formula is C14H21IN4O. The first kappa shape index (κ1) is 16.7. The van der Waals surface area contributed by atoms with E-state index in [4.69, 9.17) is 0 Å². The highest BCUT2D eigenvalue weighted by molar-refractivity contribution is 14.0. The monoisotopic (exact) mass is 388 g/mol. The second-order valence-electron chi connectivity index (χ2n) is 4.76. The predicted molar refractivity (Wildman–Crippen MR) is 91.6 cm³/mol. The Morgan fingerprint density at radius 2 is 2.05 bits per heavy atom. The molecule has 110 valence electrons. The van der Waals surface area contributed by atoms with E-state index >= 15 is 0 Å². The van der Waals surface area contributed by atoms with E-state index in [1.807, 2.05) is 24.3 Å². The van der Waals surface area contributed by atoms with Crippen LogP contribution in [0.3, 0.4) is 0 Å². The Labute approximate surface area is 136 Å². The van der Waals surface area contributed by atoms with Crippen LogP contribution in [0.2, 0.25) is 0 Å². The number of hydrogen-bond acceptors (Lipinski definition) is 4. The lowest BCUT2D eigenvalue weighted by atomic mass is 10.1. The third-order valence-corrected chi connectivity index (χ3v) is 2.96. The Morgan fingerprint density at radius 1 is 1.35 bits per heavy atom. The molecule has 2 rings (SSSR count). The summed E-state index contributed by atoms with van der Waals surface area (Å²) >= 11 is 0. The van der Waals surface area contributed by atoms with Crippen LogP contribution in [0.1, 0.15) is 22.3 Å². The number of guanidine groups is 1. The van der Waals surface area contributed by atoms with E-state index < -0.39 is 0 Å². The Morgan fingerprint density at radius 3 is 2.60 bits per heavy atom. The quantitative estimate of drug-likeness (QED) is 0.771. The lowest BCUT2D eigenvalue weighted by Gasteiger charge is -2.16. The van der Waals surface area contributed by atoms with Crippen molar-refractivity contribution in [3.05, 3.63) is 35.4 Å². The van der Waals surface area contributed by atoms with Gasteiger partial charge in [0.2, 0.25) is 0 Å². The number of nitrogens with one attached hydrogen (secondary N) is 2. The van der Waals surface area contributed by atoms with Crippen LogP contribution in [0.5, 0.6) is 0 Å². The molecule has 0 saturated heterocycles. The molecule has 1 aromatic carbocycles. The lowest BCUT2D eigenvalue weighted by molar-refractivity contribution is 0.0827. The molecule has 0 radical (unpaired) electrons. The van der Waals surface area contributed by atoms with E-state index in [0.717, 1.165) is 31.0 Å². The van der Waals surface area contributed by atoms with Crippen LogP contribution in [0.15, 0.2) is 29.3 Å². The summed E-state index contributed by atoms with van der Waals surface area (Å²) < 4.78 is 0. The zero-order valence-electron chi connectivity index (χ0n) is 11.8. The zero-order valence-corrected chi connectivity index (χ0v) is 14.2. The fraction of sp³-hybridized carbons (Fsp3) is 0.429. The van der Waals surface area contributed by atoms with E-state index in [2.05, 4.69) is 15.6 Å². The van der Waals surface area contributed by atoms with Crippen molar-refractivity contribution in [1.82, 2.24) is 15.5 Å². The smallest absolute Gasteiger partial charge is 0.253 e. The zero-order chi connectivity index (χ0) is 13.7. The summed E-state index contributed by atoms with van der Waals surface area (Å²) in [6.45, 7) is 2.57. The van der Waals surface area contributed by atoms with Crippen molar-refractivity contribution < 1.29 is 4.79 Å². The molecular weight excluding hydrogens is 367 g/mol. The molecule has 0 fully saturated rings. The molecule has 1 aromatic rings. The van der Waals surface area contributed by atoms with Crippen LogP contribution < -0.4 is 10.6 Å². The normalized spacial score (nSPS) is 13.6. The first-order valence-corrected chi connectivity index (χ1v) is 6.49. The Bertz CT molecular complexity index is 471. The second-order valence-corrected chi connectivity index (χ2v) is 4.76. The van der Waals surface area contributed by atoms with Crippen LogP contribution in [0, 0.1) is 0 Å². The van der Waals surface area contributed by atoms with Crippen molar-refractivity contribution in [1.29, 1.82) is 0 Å². The Hall–Kier alpha value is -1.31. The van der Waals surface area contributed by atoms with Gasteiger partial charge in [-0.3, -0.25) is 9.79 Å². The number of rotatable bonds is 3. The van der Waals surface area contributed by atoms with Gasteiger partial charge in [0, 0.05) is 39.3 Å². The van der Waals surface area contributed by atoms with E-state index in [0.29, 0.717) is 12.1 Å². The summed E-state index contributed by atoms with van der Waals surface area (Å²) in [5.41, 5.74) is 1.84. The highest BCUT2D eigenvalue weighted by Gasteiger charge is 2.07. The molecule has 0 atom stereocenters. The third-order valence-electron chi connectivity index (χ3n) is 2.96. The van der Waals surface area contributed by atoms with Gasteiger partial charge in [0.05, 0.1) is 0 Å². The number of carbonyl (C=O) groups excluding carboxylic acids is 1. The summed E-state index contributed by atoms with van der Waals surface area (Å²) in [5.74, 6) is 0.887. The minimum atomic E-state index is 0. The number of aliphatic imine (C=N–C) groups is 1. The summed E-state index contributed by atoms with van der Waals surface area (Å²) in [4.78, 5) is 17.7. The van der Waals surface area contributed by atoms with Gasteiger partial charge >= 0.3 is 0 Å². The molecule has 0 saturated carbocycles. The average Bonchev–Trinajstić information content (AvgIpc) is 2.46. The van der Waals surface area contributed by atoms with Crippen molar-refractivity contribution in [3.8, 4) is 0 Å². The molecule has 0 aliphatic carbocycles. The summed E-state index contributed by atoms with van der Waals surface area (Å²) in [7, 11) is 3.51. The van der Waals surface area contributed by atoms with Gasteiger partial charge in [-0.15, -0.1) is 24.0 Å². The third kappa shape index (κ3) is 4.66. The molecule has 6 heteroatoms. The van der Waals surface area contributed by atoms with Gasteiger partial charge in [-0.05, 0) is 24.1 Å². The maximum atomic E-state index is 11.7. The van der Waals surface area contributed by atoms with Crippen LogP contribution in [0.4, 0.5) is 0 Å². The van der Waals surface area contributed by atoms with Crippen molar-refractivity contribution in [2.24, 2.45) is 4.99 Å². The summed E-state index contributed by atoms with van der Waals surface area (Å²) in [5, 5.41) is 6.46. The molecule has 5 nitrogen and oxygen atoms in total. The lowest BCUT2D eigenvalue weighted by Crippen LogP contribution is -2.40. The van der Waals surface area contributed by atoms with Crippen molar-refractivity contribution >= 4 is 35.8 Å². The molecule has 0 bridgehead atoms. The Balaban J connectivity index is 0.00000200. The van der Waals surface area contributed by atoms with Crippen molar-refractivity contribution in [2.45, 2.75) is 13.0 Å². The van der Waals surface area contributed by atoms with Crippen LogP contribution in [-0.4, -0.2) is 44.0 Å². The molecule has 1 aliphatic heterocycles. The Kier molecular flexibility index (Phi) is 6.77. The van der Waals surface area contributed by atoms with E-state index in [9.17, 15) is 4.79 Å². The first-order chi connectivity index (χ1) is 9.16. The highest BCUT2D eigenvalue weighted by atomic mass is 127. The molecule has 20 heavy (non-hydrogen) atoms. The molecule has 1 aliphatic rings. The number of carbonyl (C=O) groups is 1. The van der Waals surface area contributed by atoms with E-state index in [1.165, 1.54) is 0 Å². The van der Waals surface area contributed by atoms with Crippen LogP contribution >= 0.6 is 24.0 Å². The van der Waals surface area contributed by atoms with Gasteiger partial charge in [0.1, 0.15) is 0 Å². The first-order valence-electron chi connectivity index (χ1n) is 6.49. The number of amides is 1. The molecule has 1 amide bonds. The fourth-order valence-corrected chi connectivity index (χ4v) is 1.86. The van der Waals surface area contributed by atoms with E-state index in [-0.39, 0.29) is 29.9 Å². The maximum Gasteiger partial charge on any atom is 0.253 e. The largest absolute Gasteiger partial charge is 0.356 e. The predicted octanol–water partition coefficient (Wildman–Crippen LogP) is 1.45. The summed E-state index contributed by atoms with van der Waals surface area (Å²) in [6, 6.07) is 7.64. The van der Waals surface area contributed by atoms with Crippen LogP contribution in [-0.2, 0) is 6.54 Å². The minimum absolute atomic E-state index is 0. The van der Waals surface area contributed by atoms with Gasteiger partial charge in [0.15, 0.2) is 5.96 Å². The van der Waals surface area contributed by atoms with Gasteiger partial charge in [-0.25, -0.2) is 0 Å². The average molecular weight is 388 g/mol. The molecule has 1 heterocycles. The van der Waals surface area contributed by atoms with E-state index in [1.54, 1.807) is 19.0 Å². The van der Waals surface area contributed by atoms with Gasteiger partial charge in [-0.2, -0.15) is 0 Å². The molecule has 2 N–H and O–H groups in total. The molecule has 0 aromatic heterocycles. The topological polar surface area (TPSA) is 56.7 Å². The molecule has 0 spiro atoms. The maximum absolute atomic E-state index is 11.7. The highest BCUT2D eigenvalue weighted by Crippen LogP contribution is 2.06. The minimum Gasteiger partial charge on any atom is -0.356 e.